The quantitative estimate of drug-likeness (QED) is 0.535. The number of carbonyl (C=O) groups excluding carboxylic acids is 1. The Balaban J connectivity index is 1.65. The van der Waals surface area contributed by atoms with Crippen molar-refractivity contribution < 1.29 is 14.3 Å². The van der Waals surface area contributed by atoms with Crippen LogP contribution in [-0.4, -0.2) is 30.8 Å². The summed E-state index contributed by atoms with van der Waals surface area (Å²) in [5, 5.41) is 4.92. The fourth-order valence-corrected chi connectivity index (χ4v) is 2.40. The predicted molar refractivity (Wildman–Crippen MR) is 97.5 cm³/mol. The molecule has 0 unspecified atom stereocenters. The largest absolute Gasteiger partial charge is 0.497 e. The minimum Gasteiger partial charge on any atom is -0.497 e. The lowest BCUT2D eigenvalue weighted by molar-refractivity contribution is 0.0951. The average molecular weight is 337 g/mol. The van der Waals surface area contributed by atoms with Crippen molar-refractivity contribution in [1.82, 2.24) is 10.4 Å². The Morgan fingerprint density at radius 1 is 1.16 bits per heavy atom. The molecule has 0 radical (unpaired) electrons. The van der Waals surface area contributed by atoms with Crippen LogP contribution in [-0.2, 0) is 0 Å². The van der Waals surface area contributed by atoms with Gasteiger partial charge in [0.1, 0.15) is 17.2 Å². The van der Waals surface area contributed by atoms with Crippen molar-refractivity contribution in [1.29, 1.82) is 0 Å². The van der Waals surface area contributed by atoms with E-state index in [9.17, 15) is 4.79 Å². The molecule has 3 aromatic rings. The van der Waals surface area contributed by atoms with Gasteiger partial charge in [-0.15, -0.1) is 0 Å². The number of aromatic amines is 1. The number of ether oxygens (including phenoxy) is 2. The van der Waals surface area contributed by atoms with Crippen LogP contribution >= 0.6 is 0 Å². The van der Waals surface area contributed by atoms with Gasteiger partial charge in [-0.2, -0.15) is 5.10 Å². The molecular formula is C19H19N3O3. The van der Waals surface area contributed by atoms with Crippen LogP contribution in [0.4, 0.5) is 0 Å². The molecule has 0 saturated carbocycles. The van der Waals surface area contributed by atoms with E-state index in [-0.39, 0.29) is 5.91 Å². The number of hydrazone groups is 1. The van der Waals surface area contributed by atoms with E-state index in [0.717, 1.165) is 28.0 Å². The predicted octanol–water partition coefficient (Wildman–Crippen LogP) is 3.34. The molecule has 0 aliphatic rings. The summed E-state index contributed by atoms with van der Waals surface area (Å²) >= 11 is 0. The van der Waals surface area contributed by atoms with Gasteiger partial charge in [-0.25, -0.2) is 5.43 Å². The van der Waals surface area contributed by atoms with Gasteiger partial charge in [-0.1, -0.05) is 0 Å². The summed E-state index contributed by atoms with van der Waals surface area (Å²) in [7, 11) is 1.60. The zero-order chi connectivity index (χ0) is 17.6. The second-order valence-electron chi connectivity index (χ2n) is 5.34. The zero-order valence-electron chi connectivity index (χ0n) is 14.1. The molecule has 0 spiro atoms. The number of nitrogens with zero attached hydrogens (tertiary/aromatic N) is 1. The third-order valence-corrected chi connectivity index (χ3v) is 3.65. The van der Waals surface area contributed by atoms with Gasteiger partial charge in [0.15, 0.2) is 0 Å². The smallest absolute Gasteiger partial charge is 0.287 e. The van der Waals surface area contributed by atoms with Gasteiger partial charge in [0.25, 0.3) is 5.91 Å². The van der Waals surface area contributed by atoms with Crippen molar-refractivity contribution in [2.45, 2.75) is 6.92 Å². The third kappa shape index (κ3) is 3.98. The number of rotatable bonds is 6. The highest BCUT2D eigenvalue weighted by Crippen LogP contribution is 2.21. The Morgan fingerprint density at radius 3 is 2.64 bits per heavy atom. The van der Waals surface area contributed by atoms with Crippen molar-refractivity contribution in [3.05, 3.63) is 59.8 Å². The Kier molecular flexibility index (Phi) is 4.99. The first-order valence-electron chi connectivity index (χ1n) is 7.92. The molecule has 128 valence electrons. The standard InChI is InChI=1S/C19H19N3O3/c1-3-25-15-7-4-13(5-8-15)12-20-22-19(23)18-10-14-6-9-16(24-2)11-17(14)21-18/h4-12,21H,3H2,1-2H3,(H,22,23)/b20-12+. The Labute approximate surface area is 145 Å². The van der Waals surface area contributed by atoms with Gasteiger partial charge in [0.05, 0.1) is 19.9 Å². The van der Waals surface area contributed by atoms with Gasteiger partial charge in [0.2, 0.25) is 0 Å². The second-order valence-corrected chi connectivity index (χ2v) is 5.34. The highest BCUT2D eigenvalue weighted by atomic mass is 16.5. The van der Waals surface area contributed by atoms with Crippen LogP contribution in [0.3, 0.4) is 0 Å². The molecule has 3 rings (SSSR count). The molecule has 1 aromatic heterocycles. The molecule has 1 amide bonds. The number of hydrogen-bond donors (Lipinski definition) is 2. The van der Waals surface area contributed by atoms with Crippen molar-refractivity contribution in [3.8, 4) is 11.5 Å². The summed E-state index contributed by atoms with van der Waals surface area (Å²) in [5.74, 6) is 1.23. The van der Waals surface area contributed by atoms with Gasteiger partial charge < -0.3 is 14.5 Å². The van der Waals surface area contributed by atoms with Gasteiger partial charge in [-0.3, -0.25) is 4.79 Å². The van der Waals surface area contributed by atoms with Crippen molar-refractivity contribution in [2.75, 3.05) is 13.7 Å². The van der Waals surface area contributed by atoms with E-state index in [1.807, 2.05) is 49.4 Å². The maximum atomic E-state index is 12.2. The SMILES string of the molecule is CCOc1ccc(/C=N/NC(=O)c2cc3ccc(OC)cc3[nH]2)cc1. The second kappa shape index (κ2) is 7.53. The Morgan fingerprint density at radius 2 is 1.92 bits per heavy atom. The normalized spacial score (nSPS) is 11.0. The van der Waals surface area contributed by atoms with Crippen molar-refractivity contribution >= 4 is 23.0 Å². The van der Waals surface area contributed by atoms with Gasteiger partial charge in [-0.05, 0) is 55.0 Å². The van der Waals surface area contributed by atoms with Crippen molar-refractivity contribution in [2.24, 2.45) is 5.10 Å². The number of hydrogen-bond acceptors (Lipinski definition) is 4. The van der Waals surface area contributed by atoms with Crippen molar-refractivity contribution in [3.63, 3.8) is 0 Å². The monoisotopic (exact) mass is 337 g/mol. The zero-order valence-corrected chi connectivity index (χ0v) is 14.1. The van der Waals surface area contributed by atoms with Crippen LogP contribution in [0.2, 0.25) is 0 Å². The number of amides is 1. The van der Waals surface area contributed by atoms with Gasteiger partial charge >= 0.3 is 0 Å². The summed E-state index contributed by atoms with van der Waals surface area (Å²) in [6.45, 7) is 2.56. The molecule has 6 heteroatoms. The Bertz CT molecular complexity index is 898. The first-order valence-corrected chi connectivity index (χ1v) is 7.92. The third-order valence-electron chi connectivity index (χ3n) is 3.65. The maximum absolute atomic E-state index is 12.2. The van der Waals surface area contributed by atoms with E-state index in [0.29, 0.717) is 12.3 Å². The molecule has 1 heterocycles. The van der Waals surface area contributed by atoms with E-state index < -0.39 is 0 Å². The van der Waals surface area contributed by atoms with Crippen LogP contribution in [0, 0.1) is 0 Å². The number of aromatic nitrogens is 1. The summed E-state index contributed by atoms with van der Waals surface area (Å²) in [6.07, 6.45) is 1.58. The van der Waals surface area contributed by atoms with Crippen LogP contribution < -0.4 is 14.9 Å². The number of benzene rings is 2. The minimum atomic E-state index is -0.308. The lowest BCUT2D eigenvalue weighted by Gasteiger charge is -2.02. The van der Waals surface area contributed by atoms with Crippen LogP contribution in [0.25, 0.3) is 10.9 Å². The fraction of sp³-hybridized carbons (Fsp3) is 0.158. The molecule has 25 heavy (non-hydrogen) atoms. The lowest BCUT2D eigenvalue weighted by Crippen LogP contribution is -2.17. The first-order chi connectivity index (χ1) is 12.2. The highest BCUT2D eigenvalue weighted by Gasteiger charge is 2.09. The molecule has 0 aliphatic heterocycles. The molecule has 0 aliphatic carbocycles. The molecule has 0 fully saturated rings. The molecular weight excluding hydrogens is 318 g/mol. The average Bonchev–Trinajstić information content (AvgIpc) is 3.06. The van der Waals surface area contributed by atoms with E-state index in [4.69, 9.17) is 9.47 Å². The van der Waals surface area contributed by atoms with E-state index in [1.165, 1.54) is 0 Å². The van der Waals surface area contributed by atoms with Crippen LogP contribution in [0.1, 0.15) is 23.0 Å². The molecule has 2 aromatic carbocycles. The van der Waals surface area contributed by atoms with Crippen LogP contribution in [0.5, 0.6) is 11.5 Å². The first kappa shape index (κ1) is 16.6. The minimum absolute atomic E-state index is 0.308. The number of H-pyrrole nitrogens is 1. The summed E-state index contributed by atoms with van der Waals surface area (Å²) < 4.78 is 10.6. The number of methoxy groups -OCH3 is 1. The van der Waals surface area contributed by atoms with E-state index >= 15 is 0 Å². The lowest BCUT2D eigenvalue weighted by atomic mass is 10.2. The molecule has 0 bridgehead atoms. The highest BCUT2D eigenvalue weighted by molar-refractivity contribution is 5.98. The topological polar surface area (TPSA) is 75.7 Å². The summed E-state index contributed by atoms with van der Waals surface area (Å²) in [6, 6.07) is 14.8. The van der Waals surface area contributed by atoms with Crippen LogP contribution in [0.15, 0.2) is 53.6 Å². The maximum Gasteiger partial charge on any atom is 0.287 e. The van der Waals surface area contributed by atoms with Gasteiger partial charge in [0, 0.05) is 17.0 Å². The summed E-state index contributed by atoms with van der Waals surface area (Å²) in [5.41, 5.74) is 4.65. The number of nitrogens with one attached hydrogen (secondary N) is 2. The molecule has 2 N–H and O–H groups in total. The number of fused-ring (bicyclic) bond motifs is 1. The van der Waals surface area contributed by atoms with E-state index in [2.05, 4.69) is 15.5 Å². The van der Waals surface area contributed by atoms with E-state index in [1.54, 1.807) is 19.4 Å². The number of carbonyl (C=O) groups is 1. The molecule has 0 atom stereocenters. The Hall–Kier alpha value is -3.28. The molecule has 0 saturated heterocycles. The molecule has 6 nitrogen and oxygen atoms in total. The summed E-state index contributed by atoms with van der Waals surface area (Å²) in [4.78, 5) is 15.2. The fourth-order valence-electron chi connectivity index (χ4n) is 2.40.